The van der Waals surface area contributed by atoms with E-state index < -0.39 is 6.10 Å². The Morgan fingerprint density at radius 3 is 2.33 bits per heavy atom. The van der Waals surface area contributed by atoms with Crippen LogP contribution >= 0.6 is 0 Å². The van der Waals surface area contributed by atoms with Crippen LogP contribution < -0.4 is 15.5 Å². The second kappa shape index (κ2) is 10.0. The van der Waals surface area contributed by atoms with Gasteiger partial charge in [-0.2, -0.15) is 0 Å². The number of rotatable bonds is 6. The number of amides is 1. The Morgan fingerprint density at radius 2 is 1.69 bits per heavy atom. The second-order valence-electron chi connectivity index (χ2n) is 10.2. The number of hydrogen-bond donors (Lipinski definition) is 1. The zero-order chi connectivity index (χ0) is 26.0. The number of hydrogen-bond acceptors (Lipinski definition) is 4. The lowest BCUT2D eigenvalue weighted by Gasteiger charge is -2.21. The van der Waals surface area contributed by atoms with Crippen LogP contribution in [-0.4, -0.2) is 12.0 Å². The molecule has 1 unspecified atom stereocenters. The maximum Gasteiger partial charge on any atom is 0.265 e. The second-order valence-corrected chi connectivity index (χ2v) is 10.2. The van der Waals surface area contributed by atoms with E-state index in [4.69, 9.17) is 9.15 Å². The quantitative estimate of drug-likeness (QED) is 0.316. The SMILES string of the molecule is CCC(Oc1c(-c2ccc(C(C)(C)C)cc2)oc2ccccc2c1=O)C(=O)Nc1ccc(C)cc1C. The molecule has 1 atom stereocenters. The molecule has 0 saturated carbocycles. The van der Waals surface area contributed by atoms with Crippen LogP contribution in [-0.2, 0) is 10.2 Å². The van der Waals surface area contributed by atoms with Gasteiger partial charge in [0.15, 0.2) is 11.9 Å². The number of nitrogens with one attached hydrogen (secondary N) is 1. The van der Waals surface area contributed by atoms with Crippen molar-refractivity contribution in [3.8, 4) is 17.1 Å². The molecule has 0 saturated heterocycles. The molecule has 1 aromatic heterocycles. The molecule has 0 radical (unpaired) electrons. The number of aryl methyl sites for hydroxylation is 2. The highest BCUT2D eigenvalue weighted by molar-refractivity contribution is 5.95. The van der Waals surface area contributed by atoms with E-state index in [1.165, 1.54) is 0 Å². The molecule has 4 rings (SSSR count). The van der Waals surface area contributed by atoms with E-state index in [0.717, 1.165) is 22.4 Å². The van der Waals surface area contributed by atoms with Crippen molar-refractivity contribution in [1.82, 2.24) is 0 Å². The highest BCUT2D eigenvalue weighted by Crippen LogP contribution is 2.33. The Bertz CT molecular complexity index is 1460. The van der Waals surface area contributed by atoms with Crippen molar-refractivity contribution in [3.63, 3.8) is 0 Å². The highest BCUT2D eigenvalue weighted by Gasteiger charge is 2.25. The fraction of sp³-hybridized carbons (Fsp3) is 0.290. The average molecular weight is 484 g/mol. The minimum absolute atomic E-state index is 0.0123. The summed E-state index contributed by atoms with van der Waals surface area (Å²) in [7, 11) is 0. The predicted molar refractivity (Wildman–Crippen MR) is 146 cm³/mol. The number of ether oxygens (including phenoxy) is 1. The van der Waals surface area contributed by atoms with Gasteiger partial charge in [-0.25, -0.2) is 0 Å². The van der Waals surface area contributed by atoms with Gasteiger partial charge < -0.3 is 14.5 Å². The van der Waals surface area contributed by atoms with Gasteiger partial charge in [0.05, 0.1) is 5.39 Å². The molecule has 0 bridgehead atoms. The first kappa shape index (κ1) is 25.2. The molecule has 0 spiro atoms. The molecule has 36 heavy (non-hydrogen) atoms. The van der Waals surface area contributed by atoms with Crippen molar-refractivity contribution in [2.24, 2.45) is 0 Å². The molecular weight excluding hydrogens is 450 g/mol. The molecule has 4 aromatic rings. The first-order chi connectivity index (χ1) is 17.1. The summed E-state index contributed by atoms with van der Waals surface area (Å²) in [5.74, 6) is 0.0443. The predicted octanol–water partition coefficient (Wildman–Crippen LogP) is 7.17. The number of benzene rings is 3. The maximum absolute atomic E-state index is 13.6. The zero-order valence-electron chi connectivity index (χ0n) is 21.8. The van der Waals surface area contributed by atoms with Gasteiger partial charge in [-0.05, 0) is 55.0 Å². The fourth-order valence-electron chi connectivity index (χ4n) is 4.18. The number of carbonyl (C=O) groups is 1. The van der Waals surface area contributed by atoms with Crippen molar-refractivity contribution < 1.29 is 13.9 Å². The summed E-state index contributed by atoms with van der Waals surface area (Å²) in [5, 5.41) is 3.36. The Labute approximate surface area is 212 Å². The summed E-state index contributed by atoms with van der Waals surface area (Å²) in [6, 6.07) is 20.8. The van der Waals surface area contributed by atoms with Crippen LogP contribution in [0.1, 0.15) is 50.8 Å². The zero-order valence-corrected chi connectivity index (χ0v) is 21.8. The maximum atomic E-state index is 13.6. The first-order valence-corrected chi connectivity index (χ1v) is 12.3. The molecule has 1 N–H and O–H groups in total. The van der Waals surface area contributed by atoms with Gasteiger partial charge in [-0.1, -0.05) is 81.8 Å². The molecule has 0 aliphatic carbocycles. The van der Waals surface area contributed by atoms with E-state index in [1.54, 1.807) is 18.2 Å². The Kier molecular flexibility index (Phi) is 7.02. The number of para-hydroxylation sites is 1. The van der Waals surface area contributed by atoms with Crippen LogP contribution in [0.4, 0.5) is 5.69 Å². The highest BCUT2D eigenvalue weighted by atomic mass is 16.5. The van der Waals surface area contributed by atoms with Gasteiger partial charge >= 0.3 is 0 Å². The van der Waals surface area contributed by atoms with Gasteiger partial charge in [0.1, 0.15) is 5.58 Å². The lowest BCUT2D eigenvalue weighted by Crippen LogP contribution is -2.34. The van der Waals surface area contributed by atoms with E-state index in [-0.39, 0.29) is 22.5 Å². The molecular formula is C31H33NO4. The molecule has 0 aliphatic rings. The van der Waals surface area contributed by atoms with Gasteiger partial charge in [0.25, 0.3) is 5.91 Å². The largest absolute Gasteiger partial charge is 0.473 e. The monoisotopic (exact) mass is 483 g/mol. The summed E-state index contributed by atoms with van der Waals surface area (Å²) >= 11 is 0. The third-order valence-corrected chi connectivity index (χ3v) is 6.33. The summed E-state index contributed by atoms with van der Waals surface area (Å²) < 4.78 is 12.4. The van der Waals surface area contributed by atoms with Crippen molar-refractivity contribution >= 4 is 22.6 Å². The normalized spacial score (nSPS) is 12.4. The van der Waals surface area contributed by atoms with E-state index in [0.29, 0.717) is 28.7 Å². The van der Waals surface area contributed by atoms with Crippen molar-refractivity contribution in [3.05, 3.63) is 93.6 Å². The Hall–Kier alpha value is -3.86. The molecule has 0 aliphatic heterocycles. The summed E-state index contributed by atoms with van der Waals surface area (Å²) in [5.41, 5.74) is 4.83. The Balaban J connectivity index is 1.75. The van der Waals surface area contributed by atoms with Crippen molar-refractivity contribution in [1.29, 1.82) is 0 Å². The van der Waals surface area contributed by atoms with Gasteiger partial charge in [-0.15, -0.1) is 0 Å². The molecule has 1 heterocycles. The summed E-state index contributed by atoms with van der Waals surface area (Å²) in [4.78, 5) is 26.8. The topological polar surface area (TPSA) is 68.5 Å². The number of carbonyl (C=O) groups excluding carboxylic acids is 1. The average Bonchev–Trinajstić information content (AvgIpc) is 2.84. The third-order valence-electron chi connectivity index (χ3n) is 6.33. The fourth-order valence-corrected chi connectivity index (χ4v) is 4.18. The first-order valence-electron chi connectivity index (χ1n) is 12.3. The summed E-state index contributed by atoms with van der Waals surface area (Å²) in [6.45, 7) is 12.2. The van der Waals surface area contributed by atoms with Gasteiger partial charge in [0, 0.05) is 11.3 Å². The minimum Gasteiger partial charge on any atom is -0.473 e. The van der Waals surface area contributed by atoms with Crippen LogP contribution in [0, 0.1) is 13.8 Å². The summed E-state index contributed by atoms with van der Waals surface area (Å²) in [6.07, 6.45) is -0.492. The minimum atomic E-state index is -0.873. The standard InChI is InChI=1S/C31H33NO4/c1-7-25(30(34)32-24-17-12-19(2)18-20(24)3)35-29-27(33)23-10-8-9-11-26(23)36-28(29)21-13-15-22(16-14-21)31(4,5)6/h8-18,25H,7H2,1-6H3,(H,32,34). The van der Waals surface area contributed by atoms with Crippen LogP contribution in [0.3, 0.4) is 0 Å². The number of fused-ring (bicyclic) bond motifs is 1. The molecule has 5 heteroatoms. The van der Waals surface area contributed by atoms with E-state index in [2.05, 4.69) is 26.1 Å². The lowest BCUT2D eigenvalue weighted by atomic mass is 9.86. The van der Waals surface area contributed by atoms with E-state index in [1.807, 2.05) is 69.3 Å². The van der Waals surface area contributed by atoms with Crippen LogP contribution in [0.25, 0.3) is 22.3 Å². The molecule has 0 fully saturated rings. The van der Waals surface area contributed by atoms with Crippen LogP contribution in [0.2, 0.25) is 0 Å². The molecule has 1 amide bonds. The van der Waals surface area contributed by atoms with Gasteiger partial charge in [0.2, 0.25) is 11.2 Å². The lowest BCUT2D eigenvalue weighted by molar-refractivity contribution is -0.122. The third kappa shape index (κ3) is 5.20. The number of anilines is 1. The van der Waals surface area contributed by atoms with Gasteiger partial charge in [-0.3, -0.25) is 9.59 Å². The van der Waals surface area contributed by atoms with Crippen LogP contribution in [0.15, 0.2) is 75.9 Å². The molecule has 5 nitrogen and oxygen atoms in total. The van der Waals surface area contributed by atoms with Crippen molar-refractivity contribution in [2.45, 2.75) is 59.5 Å². The van der Waals surface area contributed by atoms with Crippen molar-refractivity contribution in [2.75, 3.05) is 5.32 Å². The van der Waals surface area contributed by atoms with Crippen LogP contribution in [0.5, 0.6) is 5.75 Å². The van der Waals surface area contributed by atoms with E-state index >= 15 is 0 Å². The molecule has 186 valence electrons. The Morgan fingerprint density at radius 1 is 1.00 bits per heavy atom. The molecule has 3 aromatic carbocycles. The van der Waals surface area contributed by atoms with E-state index in [9.17, 15) is 9.59 Å². The smallest absolute Gasteiger partial charge is 0.265 e.